The molecule has 4 heteroatoms. The number of benzene rings is 1. The van der Waals surface area contributed by atoms with Crippen LogP contribution in [0.25, 0.3) is 4.96 Å². The van der Waals surface area contributed by atoms with Gasteiger partial charge in [-0.1, -0.05) is 38.1 Å². The molecule has 0 aliphatic heterocycles. The molecule has 0 radical (unpaired) electrons. The molecule has 21 heavy (non-hydrogen) atoms. The van der Waals surface area contributed by atoms with Crippen molar-refractivity contribution in [2.45, 2.75) is 32.8 Å². The Kier molecular flexibility index (Phi) is 4.08. The molecule has 0 amide bonds. The van der Waals surface area contributed by atoms with Gasteiger partial charge >= 0.3 is 0 Å². The lowest BCUT2D eigenvalue weighted by atomic mass is 9.99. The third kappa shape index (κ3) is 3.34. The van der Waals surface area contributed by atoms with Crippen LogP contribution in [-0.4, -0.2) is 14.5 Å². The smallest absolute Gasteiger partial charge is 0.193 e. The van der Waals surface area contributed by atoms with E-state index in [1.807, 2.05) is 34.3 Å². The first-order chi connectivity index (χ1) is 10.1. The van der Waals surface area contributed by atoms with Gasteiger partial charge in [0.25, 0.3) is 0 Å². The molecule has 3 nitrogen and oxygen atoms in total. The number of aliphatic hydroxyl groups is 1. The summed E-state index contributed by atoms with van der Waals surface area (Å²) in [6.45, 7) is 4.43. The van der Waals surface area contributed by atoms with Gasteiger partial charge in [-0.2, -0.15) is 0 Å². The fourth-order valence-electron chi connectivity index (χ4n) is 2.54. The average molecular weight is 300 g/mol. The lowest BCUT2D eigenvalue weighted by Crippen LogP contribution is -2.02. The second-order valence-corrected chi connectivity index (χ2v) is 6.76. The van der Waals surface area contributed by atoms with E-state index in [1.165, 1.54) is 5.56 Å². The SMILES string of the molecule is CC(C)Cc1ccc(C(O)Cc2cn3ccsc3n2)cc1. The molecule has 110 valence electrons. The van der Waals surface area contributed by atoms with Crippen molar-refractivity contribution in [3.05, 3.63) is 58.9 Å². The molecule has 1 aromatic carbocycles. The summed E-state index contributed by atoms with van der Waals surface area (Å²) in [5.74, 6) is 0.652. The van der Waals surface area contributed by atoms with Crippen molar-refractivity contribution in [2.24, 2.45) is 5.92 Å². The second kappa shape index (κ2) is 6.00. The van der Waals surface area contributed by atoms with E-state index in [0.29, 0.717) is 12.3 Å². The Bertz CT molecular complexity index is 683. The van der Waals surface area contributed by atoms with E-state index < -0.39 is 6.10 Å². The Labute approximate surface area is 128 Å². The van der Waals surface area contributed by atoms with Gasteiger partial charge in [0.15, 0.2) is 4.96 Å². The number of hydrogen-bond acceptors (Lipinski definition) is 3. The standard InChI is InChI=1S/C17H20N2OS/c1-12(2)9-13-3-5-14(6-4-13)16(20)10-15-11-19-7-8-21-17(19)18-15/h3-8,11-12,16,20H,9-10H2,1-2H3. The van der Waals surface area contributed by atoms with Crippen molar-refractivity contribution >= 4 is 16.3 Å². The maximum atomic E-state index is 10.4. The van der Waals surface area contributed by atoms with Crippen molar-refractivity contribution < 1.29 is 5.11 Å². The minimum atomic E-state index is -0.497. The van der Waals surface area contributed by atoms with E-state index in [-0.39, 0.29) is 0 Å². The molecule has 1 atom stereocenters. The van der Waals surface area contributed by atoms with E-state index in [0.717, 1.165) is 22.6 Å². The average Bonchev–Trinajstić information content (AvgIpc) is 2.99. The third-order valence-electron chi connectivity index (χ3n) is 3.55. The highest BCUT2D eigenvalue weighted by Crippen LogP contribution is 2.21. The van der Waals surface area contributed by atoms with Crippen molar-refractivity contribution in [2.75, 3.05) is 0 Å². The Morgan fingerprint density at radius 1 is 1.19 bits per heavy atom. The Morgan fingerprint density at radius 3 is 2.62 bits per heavy atom. The predicted molar refractivity (Wildman–Crippen MR) is 86.7 cm³/mol. The van der Waals surface area contributed by atoms with Gasteiger partial charge in [0, 0.05) is 24.2 Å². The molecule has 0 bridgehead atoms. The highest BCUT2D eigenvalue weighted by molar-refractivity contribution is 7.15. The first-order valence-electron chi connectivity index (χ1n) is 7.30. The maximum absolute atomic E-state index is 10.4. The molecule has 3 aromatic rings. The monoisotopic (exact) mass is 300 g/mol. The van der Waals surface area contributed by atoms with Gasteiger partial charge in [0.2, 0.25) is 0 Å². The van der Waals surface area contributed by atoms with Crippen LogP contribution in [0.4, 0.5) is 0 Å². The van der Waals surface area contributed by atoms with E-state index in [4.69, 9.17) is 0 Å². The second-order valence-electron chi connectivity index (χ2n) is 5.88. The highest BCUT2D eigenvalue weighted by atomic mass is 32.1. The van der Waals surface area contributed by atoms with E-state index >= 15 is 0 Å². The first-order valence-corrected chi connectivity index (χ1v) is 8.18. The highest BCUT2D eigenvalue weighted by Gasteiger charge is 2.12. The Balaban J connectivity index is 1.69. The molecule has 2 heterocycles. The van der Waals surface area contributed by atoms with Crippen molar-refractivity contribution in [3.63, 3.8) is 0 Å². The number of fused-ring (bicyclic) bond motifs is 1. The van der Waals surface area contributed by atoms with Crippen LogP contribution in [0.15, 0.2) is 42.0 Å². The van der Waals surface area contributed by atoms with Crippen molar-refractivity contribution in [1.29, 1.82) is 0 Å². The lowest BCUT2D eigenvalue weighted by Gasteiger charge is -2.11. The summed E-state index contributed by atoms with van der Waals surface area (Å²) >= 11 is 1.61. The quantitative estimate of drug-likeness (QED) is 0.776. The number of nitrogens with zero attached hydrogens (tertiary/aromatic N) is 2. The normalized spacial score (nSPS) is 13.1. The summed E-state index contributed by atoms with van der Waals surface area (Å²) in [6.07, 6.45) is 5.11. The van der Waals surface area contributed by atoms with Crippen LogP contribution in [0.2, 0.25) is 0 Å². The minimum absolute atomic E-state index is 0.497. The zero-order valence-electron chi connectivity index (χ0n) is 12.4. The molecule has 0 saturated carbocycles. The summed E-state index contributed by atoms with van der Waals surface area (Å²) < 4.78 is 2.00. The zero-order chi connectivity index (χ0) is 14.8. The number of aliphatic hydroxyl groups excluding tert-OH is 1. The largest absolute Gasteiger partial charge is 0.388 e. The molecule has 0 aliphatic rings. The van der Waals surface area contributed by atoms with Crippen LogP contribution in [-0.2, 0) is 12.8 Å². The number of imidazole rings is 1. The van der Waals surface area contributed by atoms with Gasteiger partial charge in [-0.25, -0.2) is 4.98 Å². The summed E-state index contributed by atoms with van der Waals surface area (Å²) in [4.78, 5) is 5.49. The van der Waals surface area contributed by atoms with Crippen molar-refractivity contribution in [1.82, 2.24) is 9.38 Å². The fraction of sp³-hybridized carbons (Fsp3) is 0.353. The maximum Gasteiger partial charge on any atom is 0.193 e. The molecule has 3 rings (SSSR count). The molecule has 0 fully saturated rings. The topological polar surface area (TPSA) is 37.5 Å². The summed E-state index contributed by atoms with van der Waals surface area (Å²) in [6, 6.07) is 8.29. The van der Waals surface area contributed by atoms with E-state index in [1.54, 1.807) is 11.3 Å². The van der Waals surface area contributed by atoms with Crippen LogP contribution >= 0.6 is 11.3 Å². The van der Waals surface area contributed by atoms with Crippen LogP contribution in [0.3, 0.4) is 0 Å². The van der Waals surface area contributed by atoms with Crippen LogP contribution < -0.4 is 0 Å². The third-order valence-corrected chi connectivity index (χ3v) is 4.32. The summed E-state index contributed by atoms with van der Waals surface area (Å²) in [7, 11) is 0. The molecule has 0 saturated heterocycles. The molecule has 1 N–H and O–H groups in total. The van der Waals surface area contributed by atoms with Gasteiger partial charge in [-0.15, -0.1) is 11.3 Å². The molecular weight excluding hydrogens is 280 g/mol. The first kappa shape index (κ1) is 14.3. The van der Waals surface area contributed by atoms with Gasteiger partial charge in [0.1, 0.15) is 0 Å². The van der Waals surface area contributed by atoms with E-state index in [9.17, 15) is 5.11 Å². The predicted octanol–water partition coefficient (Wildman–Crippen LogP) is 3.87. The molecule has 1 unspecified atom stereocenters. The van der Waals surface area contributed by atoms with Crippen molar-refractivity contribution in [3.8, 4) is 0 Å². The Morgan fingerprint density at radius 2 is 1.95 bits per heavy atom. The van der Waals surface area contributed by atoms with Crippen LogP contribution in [0.5, 0.6) is 0 Å². The number of aromatic nitrogens is 2. The van der Waals surface area contributed by atoms with E-state index in [2.05, 4.69) is 31.0 Å². The van der Waals surface area contributed by atoms with Crippen LogP contribution in [0.1, 0.15) is 36.8 Å². The minimum Gasteiger partial charge on any atom is -0.388 e. The summed E-state index contributed by atoms with van der Waals surface area (Å²) in [5, 5.41) is 12.4. The van der Waals surface area contributed by atoms with Gasteiger partial charge in [0.05, 0.1) is 11.8 Å². The van der Waals surface area contributed by atoms with Crippen LogP contribution in [0, 0.1) is 5.92 Å². The van der Waals surface area contributed by atoms with Gasteiger partial charge < -0.3 is 5.11 Å². The fourth-order valence-corrected chi connectivity index (χ4v) is 3.26. The molecule has 2 aromatic heterocycles. The van der Waals surface area contributed by atoms with Gasteiger partial charge in [-0.3, -0.25) is 4.40 Å². The molecule has 0 spiro atoms. The molecule has 0 aliphatic carbocycles. The number of rotatable bonds is 5. The molecular formula is C17H20N2OS. The lowest BCUT2D eigenvalue weighted by molar-refractivity contribution is 0.177. The number of thiazole rings is 1. The zero-order valence-corrected chi connectivity index (χ0v) is 13.2. The number of hydrogen-bond donors (Lipinski definition) is 1. The summed E-state index contributed by atoms with van der Waals surface area (Å²) in [5.41, 5.74) is 3.21. The Hall–Kier alpha value is -1.65. The van der Waals surface area contributed by atoms with Gasteiger partial charge in [-0.05, 0) is 23.5 Å².